The summed E-state index contributed by atoms with van der Waals surface area (Å²) in [6.07, 6.45) is 0. The van der Waals surface area contributed by atoms with Crippen molar-refractivity contribution in [2.24, 2.45) is 0 Å². The summed E-state index contributed by atoms with van der Waals surface area (Å²) >= 11 is 0. The number of hydrogen-bond donors (Lipinski definition) is 4. The Morgan fingerprint density at radius 3 is 1.00 bits per heavy atom. The van der Waals surface area contributed by atoms with Gasteiger partial charge in [0.25, 0.3) is 0 Å². The zero-order chi connectivity index (χ0) is 9.50. The van der Waals surface area contributed by atoms with Crippen molar-refractivity contribution < 1.29 is 37.1 Å². The van der Waals surface area contributed by atoms with Crippen LogP contribution < -0.4 is 0 Å². The molecule has 0 saturated carbocycles. The molecule has 0 fully saturated rings. The van der Waals surface area contributed by atoms with E-state index in [1.165, 1.54) is 0 Å². The first-order chi connectivity index (χ1) is 4.50. The minimum Gasteiger partial charge on any atom is -0.313 e. The standard InChI is InChI=1S/H4O8P2S/c1-9(2,3)11(7,8)10(4,5)6/h(H2,1,2,3)(H2,4,5,6). The summed E-state index contributed by atoms with van der Waals surface area (Å²) in [6.45, 7) is -11.6. The lowest BCUT2D eigenvalue weighted by molar-refractivity contribution is 0.380. The molecule has 0 atom stereocenters. The summed E-state index contributed by atoms with van der Waals surface area (Å²) in [5.41, 5.74) is 0. The zero-order valence-corrected chi connectivity index (χ0v) is 7.33. The van der Waals surface area contributed by atoms with Crippen LogP contribution in [0.3, 0.4) is 0 Å². The van der Waals surface area contributed by atoms with E-state index in [1.54, 1.807) is 0 Å². The van der Waals surface area contributed by atoms with Crippen LogP contribution in [0, 0.1) is 0 Å². The molecule has 0 saturated heterocycles. The van der Waals surface area contributed by atoms with Gasteiger partial charge in [-0.05, 0) is 0 Å². The van der Waals surface area contributed by atoms with Crippen LogP contribution in [0.2, 0.25) is 0 Å². The van der Waals surface area contributed by atoms with Crippen LogP contribution in [0.1, 0.15) is 0 Å². The second-order valence-electron chi connectivity index (χ2n) is 1.43. The third kappa shape index (κ3) is 2.09. The smallest absolute Gasteiger partial charge is 0.313 e. The minimum absolute atomic E-state index is 5.68. The van der Waals surface area contributed by atoms with Crippen molar-refractivity contribution in [3.05, 3.63) is 0 Å². The van der Waals surface area contributed by atoms with Crippen LogP contribution >= 0.6 is 13.6 Å². The Labute approximate surface area is 60.6 Å². The molecule has 0 amide bonds. The molecule has 0 aromatic rings. The van der Waals surface area contributed by atoms with Gasteiger partial charge in [0.05, 0.1) is 0 Å². The first kappa shape index (κ1) is 11.2. The molecule has 11 heteroatoms. The Balaban J connectivity index is 5.49. The summed E-state index contributed by atoms with van der Waals surface area (Å²) in [5.74, 6) is 0. The second-order valence-corrected chi connectivity index (χ2v) is 10.9. The summed E-state index contributed by atoms with van der Waals surface area (Å²) < 4.78 is 40.1. The highest BCUT2D eigenvalue weighted by atomic mass is 33.1. The van der Waals surface area contributed by atoms with E-state index in [1.807, 2.05) is 0 Å². The molecule has 0 aliphatic carbocycles. The predicted molar refractivity (Wildman–Crippen MR) is 33.0 cm³/mol. The van der Waals surface area contributed by atoms with E-state index in [9.17, 15) is 17.5 Å². The van der Waals surface area contributed by atoms with Gasteiger partial charge < -0.3 is 19.6 Å². The van der Waals surface area contributed by atoms with Gasteiger partial charge >= 0.3 is 22.7 Å². The van der Waals surface area contributed by atoms with E-state index in [4.69, 9.17) is 19.6 Å². The fourth-order valence-electron chi connectivity index (χ4n) is 0.139. The van der Waals surface area contributed by atoms with Crippen molar-refractivity contribution in [2.75, 3.05) is 0 Å². The molecule has 0 aliphatic rings. The molecular weight excluding hydrogens is 222 g/mol. The fourth-order valence-corrected chi connectivity index (χ4v) is 3.74. The lowest BCUT2D eigenvalue weighted by atomic mass is 15.8. The molecule has 68 valence electrons. The van der Waals surface area contributed by atoms with E-state index in [0.29, 0.717) is 0 Å². The number of rotatable bonds is 2. The van der Waals surface area contributed by atoms with Gasteiger partial charge in [0.2, 0.25) is 0 Å². The van der Waals surface area contributed by atoms with Crippen molar-refractivity contribution in [2.45, 2.75) is 0 Å². The molecule has 0 spiro atoms. The summed E-state index contributed by atoms with van der Waals surface area (Å²) in [6, 6.07) is 0. The van der Waals surface area contributed by atoms with Gasteiger partial charge in [0.1, 0.15) is 0 Å². The molecule has 8 nitrogen and oxygen atoms in total. The largest absolute Gasteiger partial charge is 0.451 e. The quantitative estimate of drug-likeness (QED) is 0.419. The highest BCUT2D eigenvalue weighted by Crippen LogP contribution is 2.62. The van der Waals surface area contributed by atoms with Crippen molar-refractivity contribution in [1.29, 1.82) is 0 Å². The lowest BCUT2D eigenvalue weighted by Gasteiger charge is -2.05. The maximum atomic E-state index is 10.1. The van der Waals surface area contributed by atoms with Gasteiger partial charge in [-0.25, -0.2) is 17.5 Å². The van der Waals surface area contributed by atoms with E-state index in [2.05, 4.69) is 0 Å². The average molecular weight is 226 g/mol. The molecule has 0 rings (SSSR count). The van der Waals surface area contributed by atoms with E-state index < -0.39 is 22.7 Å². The van der Waals surface area contributed by atoms with Crippen molar-refractivity contribution in [1.82, 2.24) is 0 Å². The minimum atomic E-state index is -5.78. The monoisotopic (exact) mass is 226 g/mol. The van der Waals surface area contributed by atoms with Gasteiger partial charge in [-0.15, -0.1) is 0 Å². The normalized spacial score (nSPS) is 14.9. The maximum absolute atomic E-state index is 10.1. The SMILES string of the molecule is O=P(O)(O)S(=O)(=O)P(=O)(O)O. The van der Waals surface area contributed by atoms with Crippen LogP contribution in [0.25, 0.3) is 0 Å². The van der Waals surface area contributed by atoms with Crippen LogP contribution in [0.4, 0.5) is 0 Å². The van der Waals surface area contributed by atoms with Gasteiger partial charge in [-0.3, -0.25) is 0 Å². The molecular formula is H4O8P2S. The van der Waals surface area contributed by atoms with Gasteiger partial charge in [-0.1, -0.05) is 0 Å². The van der Waals surface area contributed by atoms with Crippen LogP contribution in [0.5, 0.6) is 0 Å². The molecule has 0 aliphatic heterocycles. The Bertz CT molecular complexity index is 293. The lowest BCUT2D eigenvalue weighted by Crippen LogP contribution is -2.00. The van der Waals surface area contributed by atoms with Crippen molar-refractivity contribution in [3.63, 3.8) is 0 Å². The Hall–Kier alpha value is 0.250. The molecule has 4 N–H and O–H groups in total. The zero-order valence-electron chi connectivity index (χ0n) is 4.72. The molecule has 0 bridgehead atoms. The van der Waals surface area contributed by atoms with E-state index >= 15 is 0 Å². The molecule has 0 radical (unpaired) electrons. The first-order valence-corrected chi connectivity index (χ1v) is 7.78. The summed E-state index contributed by atoms with van der Waals surface area (Å²) in [4.78, 5) is 31.6. The summed E-state index contributed by atoms with van der Waals surface area (Å²) in [7, 11) is -5.68. The van der Waals surface area contributed by atoms with Crippen molar-refractivity contribution >= 4 is 22.7 Å². The highest BCUT2D eigenvalue weighted by Gasteiger charge is 2.49. The van der Waals surface area contributed by atoms with Gasteiger partial charge in [0.15, 0.2) is 0 Å². The molecule has 0 aromatic carbocycles. The number of hydrogen-bond acceptors (Lipinski definition) is 4. The predicted octanol–water partition coefficient (Wildman–Crippen LogP) is -1.41. The van der Waals surface area contributed by atoms with E-state index in [-0.39, 0.29) is 0 Å². The van der Waals surface area contributed by atoms with Gasteiger partial charge in [-0.2, -0.15) is 0 Å². The second kappa shape index (κ2) is 2.63. The molecule has 0 aromatic heterocycles. The first-order valence-electron chi connectivity index (χ1n) is 1.86. The third-order valence-electron chi connectivity index (χ3n) is 0.601. The Morgan fingerprint density at radius 1 is 0.818 bits per heavy atom. The molecule has 0 heterocycles. The third-order valence-corrected chi connectivity index (χ3v) is 9.24. The summed E-state index contributed by atoms with van der Waals surface area (Å²) in [5, 5.41) is 0. The Kier molecular flexibility index (Phi) is 2.69. The average Bonchev–Trinajstić information content (AvgIpc) is 1.58. The van der Waals surface area contributed by atoms with Crippen LogP contribution in [-0.4, -0.2) is 28.0 Å². The van der Waals surface area contributed by atoms with Crippen molar-refractivity contribution in [3.8, 4) is 0 Å². The van der Waals surface area contributed by atoms with Crippen LogP contribution in [0.15, 0.2) is 0 Å². The van der Waals surface area contributed by atoms with Gasteiger partial charge in [0, 0.05) is 0 Å². The highest BCUT2D eigenvalue weighted by molar-refractivity contribution is 8.78. The van der Waals surface area contributed by atoms with Crippen LogP contribution in [-0.2, 0) is 18.2 Å². The molecule has 11 heavy (non-hydrogen) atoms. The topological polar surface area (TPSA) is 149 Å². The Morgan fingerprint density at radius 2 is 1.00 bits per heavy atom. The molecule has 0 unspecified atom stereocenters. The van der Waals surface area contributed by atoms with E-state index in [0.717, 1.165) is 0 Å². The maximum Gasteiger partial charge on any atom is 0.451 e. The fraction of sp³-hybridized carbons (Fsp3) is 0.